The van der Waals surface area contributed by atoms with E-state index in [1.165, 1.54) is 0 Å². The van der Waals surface area contributed by atoms with Gasteiger partial charge < -0.3 is 19.9 Å². The molecule has 6 nitrogen and oxygen atoms in total. The van der Waals surface area contributed by atoms with Crippen molar-refractivity contribution in [1.29, 1.82) is 0 Å². The fourth-order valence-electron chi connectivity index (χ4n) is 4.26. The highest BCUT2D eigenvalue weighted by Gasteiger charge is 2.33. The van der Waals surface area contributed by atoms with Crippen LogP contribution in [0.15, 0.2) is 77.6 Å². The van der Waals surface area contributed by atoms with E-state index >= 15 is 0 Å². The van der Waals surface area contributed by atoms with Crippen LogP contribution in [0.1, 0.15) is 39.6 Å². The maximum absolute atomic E-state index is 13.1. The molecule has 2 aliphatic rings. The van der Waals surface area contributed by atoms with Crippen LogP contribution in [-0.2, 0) is 17.8 Å². The van der Waals surface area contributed by atoms with Crippen LogP contribution in [0.25, 0.3) is 0 Å². The number of rotatable bonds is 6. The van der Waals surface area contributed by atoms with Crippen molar-refractivity contribution in [1.82, 2.24) is 9.88 Å². The molecule has 1 aromatic heterocycles. The van der Waals surface area contributed by atoms with Crippen LogP contribution < -0.4 is 5.32 Å². The second-order valence-corrected chi connectivity index (χ2v) is 8.16. The zero-order valence-electron chi connectivity index (χ0n) is 18.0. The van der Waals surface area contributed by atoms with Crippen LogP contribution in [0.5, 0.6) is 0 Å². The molecule has 1 atom stereocenters. The van der Waals surface area contributed by atoms with E-state index in [0.29, 0.717) is 19.6 Å². The fraction of sp³-hybridized carbons (Fsp3) is 0.231. The van der Waals surface area contributed by atoms with Crippen molar-refractivity contribution in [2.75, 3.05) is 18.9 Å². The summed E-state index contributed by atoms with van der Waals surface area (Å²) in [6, 6.07) is 20.1. The van der Waals surface area contributed by atoms with E-state index in [1.54, 1.807) is 11.1 Å². The van der Waals surface area contributed by atoms with Crippen LogP contribution in [0.3, 0.4) is 0 Å². The lowest BCUT2D eigenvalue weighted by Gasteiger charge is -2.24. The molecule has 0 fully saturated rings. The Kier molecular flexibility index (Phi) is 5.50. The monoisotopic (exact) mass is 426 g/mol. The SMILES string of the molecule is CN1CCc2[nH]c(C3CC=NC=C3OCc3ccccc3)c(Nc3ccccc3)c2C1=O. The molecule has 0 radical (unpaired) electrons. The summed E-state index contributed by atoms with van der Waals surface area (Å²) in [5.41, 5.74) is 5.54. The average molecular weight is 427 g/mol. The number of nitrogens with one attached hydrogen (secondary N) is 2. The van der Waals surface area contributed by atoms with Crippen LogP contribution in [-0.4, -0.2) is 35.6 Å². The number of hydrogen-bond donors (Lipinski definition) is 2. The van der Waals surface area contributed by atoms with Gasteiger partial charge in [-0.25, -0.2) is 0 Å². The summed E-state index contributed by atoms with van der Waals surface area (Å²) < 4.78 is 6.23. The van der Waals surface area contributed by atoms with Gasteiger partial charge in [-0.1, -0.05) is 48.5 Å². The zero-order chi connectivity index (χ0) is 21.9. The number of nitrogens with zero attached hydrogens (tertiary/aromatic N) is 2. The number of carbonyl (C=O) groups is 1. The zero-order valence-corrected chi connectivity index (χ0v) is 18.0. The highest BCUT2D eigenvalue weighted by atomic mass is 16.5. The first-order chi connectivity index (χ1) is 15.7. The highest BCUT2D eigenvalue weighted by molar-refractivity contribution is 6.03. The summed E-state index contributed by atoms with van der Waals surface area (Å²) in [6.45, 7) is 1.18. The summed E-state index contributed by atoms with van der Waals surface area (Å²) in [7, 11) is 1.85. The van der Waals surface area contributed by atoms with Gasteiger partial charge in [0.1, 0.15) is 12.4 Å². The van der Waals surface area contributed by atoms with Gasteiger partial charge in [0.25, 0.3) is 5.91 Å². The van der Waals surface area contributed by atoms with Crippen molar-refractivity contribution < 1.29 is 9.53 Å². The molecule has 0 bridgehead atoms. The number of carbonyl (C=O) groups excluding carboxylic acids is 1. The Balaban J connectivity index is 1.51. The van der Waals surface area contributed by atoms with Gasteiger partial charge in [0.15, 0.2) is 0 Å². The van der Waals surface area contributed by atoms with E-state index in [4.69, 9.17) is 4.74 Å². The summed E-state index contributed by atoms with van der Waals surface area (Å²) in [6.07, 6.45) is 5.19. The number of ether oxygens (including phenoxy) is 1. The third-order valence-electron chi connectivity index (χ3n) is 6.00. The van der Waals surface area contributed by atoms with Crippen LogP contribution in [0, 0.1) is 0 Å². The minimum absolute atomic E-state index is 0.0346. The van der Waals surface area contributed by atoms with Gasteiger partial charge in [0, 0.05) is 37.6 Å². The number of fused-ring (bicyclic) bond motifs is 1. The summed E-state index contributed by atoms with van der Waals surface area (Å²) in [4.78, 5) is 22.8. The first-order valence-electron chi connectivity index (χ1n) is 10.9. The fourth-order valence-corrected chi connectivity index (χ4v) is 4.26. The number of aromatic nitrogens is 1. The highest BCUT2D eigenvalue weighted by Crippen LogP contribution is 2.40. The van der Waals surface area contributed by atoms with Crippen molar-refractivity contribution in [2.24, 2.45) is 4.99 Å². The van der Waals surface area contributed by atoms with Crippen molar-refractivity contribution in [3.05, 3.63) is 95.1 Å². The third-order valence-corrected chi connectivity index (χ3v) is 6.00. The average Bonchev–Trinajstić information content (AvgIpc) is 3.20. The molecule has 5 rings (SSSR count). The number of aliphatic imine (C=N–C) groups is 1. The smallest absolute Gasteiger partial charge is 0.257 e. The summed E-state index contributed by atoms with van der Waals surface area (Å²) >= 11 is 0. The number of para-hydroxylation sites is 1. The lowest BCUT2D eigenvalue weighted by molar-refractivity contribution is 0.0781. The summed E-state index contributed by atoms with van der Waals surface area (Å²) in [5, 5.41) is 3.52. The first kappa shape index (κ1) is 20.1. The van der Waals surface area contributed by atoms with E-state index in [0.717, 1.165) is 46.1 Å². The van der Waals surface area contributed by atoms with Gasteiger partial charge >= 0.3 is 0 Å². The van der Waals surface area contributed by atoms with Crippen LogP contribution in [0.2, 0.25) is 0 Å². The van der Waals surface area contributed by atoms with Gasteiger partial charge in [0.05, 0.1) is 29.1 Å². The molecule has 0 saturated carbocycles. The van der Waals surface area contributed by atoms with Gasteiger partial charge in [-0.05, 0) is 24.1 Å². The van der Waals surface area contributed by atoms with Crippen molar-refractivity contribution in [3.63, 3.8) is 0 Å². The molecule has 3 aromatic rings. The number of aromatic amines is 1. The van der Waals surface area contributed by atoms with Gasteiger partial charge in [-0.2, -0.15) is 0 Å². The predicted octanol–water partition coefficient (Wildman–Crippen LogP) is 5.00. The Labute approximate surface area is 187 Å². The van der Waals surface area contributed by atoms with Crippen molar-refractivity contribution >= 4 is 23.5 Å². The van der Waals surface area contributed by atoms with Crippen molar-refractivity contribution in [3.8, 4) is 0 Å². The number of hydrogen-bond acceptors (Lipinski definition) is 4. The Morgan fingerprint density at radius 1 is 1.12 bits per heavy atom. The molecule has 32 heavy (non-hydrogen) atoms. The summed E-state index contributed by atoms with van der Waals surface area (Å²) in [5.74, 6) is 0.783. The normalized spacial score (nSPS) is 17.7. The molecule has 1 unspecified atom stereocenters. The molecule has 2 aromatic carbocycles. The maximum atomic E-state index is 13.1. The quantitative estimate of drug-likeness (QED) is 0.583. The number of amides is 1. The molecular formula is C26H26N4O2. The van der Waals surface area contributed by atoms with E-state index in [2.05, 4.69) is 15.3 Å². The predicted molar refractivity (Wildman–Crippen MR) is 126 cm³/mol. The Hall–Kier alpha value is -3.80. The molecule has 2 N–H and O–H groups in total. The second kappa shape index (κ2) is 8.75. The number of anilines is 2. The molecule has 162 valence electrons. The molecular weight excluding hydrogens is 400 g/mol. The van der Waals surface area contributed by atoms with E-state index in [-0.39, 0.29) is 11.8 Å². The van der Waals surface area contributed by atoms with E-state index in [9.17, 15) is 4.79 Å². The molecule has 6 heteroatoms. The molecule has 3 heterocycles. The first-order valence-corrected chi connectivity index (χ1v) is 10.9. The number of likely N-dealkylation sites (N-methyl/N-ethyl adjacent to an activating group) is 1. The van der Waals surface area contributed by atoms with Crippen LogP contribution in [0.4, 0.5) is 11.4 Å². The lowest BCUT2D eigenvalue weighted by Crippen LogP contribution is -2.34. The maximum Gasteiger partial charge on any atom is 0.257 e. The third kappa shape index (κ3) is 3.91. The minimum Gasteiger partial charge on any atom is -0.491 e. The standard InChI is InChI=1S/C26H26N4O2/c1-30-15-13-21-23(26(30)31)25(28-19-10-6-3-7-11-19)24(29-21)20-12-14-27-16-22(20)32-17-18-8-4-2-5-9-18/h2-11,14,16,20,28-29H,12-13,15,17H2,1H3. The lowest BCUT2D eigenvalue weighted by atomic mass is 9.95. The Bertz CT molecular complexity index is 1170. The molecule has 2 aliphatic heterocycles. The molecule has 1 amide bonds. The topological polar surface area (TPSA) is 69.7 Å². The molecule has 0 aliphatic carbocycles. The number of H-pyrrole nitrogens is 1. The molecule has 0 saturated heterocycles. The number of benzene rings is 2. The Morgan fingerprint density at radius 3 is 2.66 bits per heavy atom. The number of allylic oxidation sites excluding steroid dienone is 1. The Morgan fingerprint density at radius 2 is 1.88 bits per heavy atom. The van der Waals surface area contributed by atoms with Gasteiger partial charge in [0.2, 0.25) is 0 Å². The van der Waals surface area contributed by atoms with E-state index < -0.39 is 0 Å². The van der Waals surface area contributed by atoms with Crippen LogP contribution >= 0.6 is 0 Å². The second-order valence-electron chi connectivity index (χ2n) is 8.16. The van der Waals surface area contributed by atoms with E-state index in [1.807, 2.05) is 73.9 Å². The largest absolute Gasteiger partial charge is 0.491 e. The van der Waals surface area contributed by atoms with Gasteiger partial charge in [-0.15, -0.1) is 0 Å². The van der Waals surface area contributed by atoms with Gasteiger partial charge in [-0.3, -0.25) is 9.79 Å². The van der Waals surface area contributed by atoms with Crippen molar-refractivity contribution in [2.45, 2.75) is 25.4 Å². The minimum atomic E-state index is -0.0499. The molecule has 0 spiro atoms.